The van der Waals surface area contributed by atoms with Gasteiger partial charge in [0.1, 0.15) is 19.2 Å². The summed E-state index contributed by atoms with van der Waals surface area (Å²) in [5, 5.41) is 17.0. The Kier molecular flexibility index (Phi) is 10.2. The van der Waals surface area contributed by atoms with Gasteiger partial charge in [0.2, 0.25) is 5.91 Å². The molecule has 0 aliphatic carbocycles. The van der Waals surface area contributed by atoms with Crippen LogP contribution < -0.4 is 36.6 Å². The van der Waals surface area contributed by atoms with Crippen LogP contribution in [0.4, 0.5) is 17.1 Å². The topological polar surface area (TPSA) is 107 Å². The first-order valence-electron chi connectivity index (χ1n) is 13.4. The lowest BCUT2D eigenvalue weighted by atomic mass is 10.1. The van der Waals surface area contributed by atoms with Gasteiger partial charge in [0.05, 0.1) is 42.1 Å². The predicted molar refractivity (Wildman–Crippen MR) is 166 cm³/mol. The van der Waals surface area contributed by atoms with Crippen LogP contribution in [-0.2, 0) is 9.36 Å². The van der Waals surface area contributed by atoms with Crippen molar-refractivity contribution < 1.29 is 14.1 Å². The van der Waals surface area contributed by atoms with Crippen molar-refractivity contribution in [2.45, 2.75) is 30.7 Å². The average molecular weight is 585 g/mol. The molecule has 2 aromatic rings. The van der Waals surface area contributed by atoms with E-state index < -0.39 is 13.4 Å². The highest BCUT2D eigenvalue weighted by Crippen LogP contribution is 2.38. The molecule has 0 saturated carbocycles. The van der Waals surface area contributed by atoms with Crippen LogP contribution in [0.15, 0.2) is 49.1 Å². The molecule has 11 heteroatoms. The van der Waals surface area contributed by atoms with E-state index in [1.807, 2.05) is 30.3 Å². The van der Waals surface area contributed by atoms with Crippen LogP contribution in [0.1, 0.15) is 18.4 Å². The summed E-state index contributed by atoms with van der Waals surface area (Å²) in [5.74, 6) is 6.68. The Morgan fingerprint density at radius 2 is 1.95 bits per heavy atom. The summed E-state index contributed by atoms with van der Waals surface area (Å²) < 4.78 is 18.5. The van der Waals surface area contributed by atoms with Crippen LogP contribution in [-0.4, -0.2) is 75.3 Å². The van der Waals surface area contributed by atoms with Gasteiger partial charge in [-0.25, -0.2) is 0 Å². The van der Waals surface area contributed by atoms with Crippen molar-refractivity contribution in [2.75, 3.05) is 62.6 Å². The molecule has 2 aliphatic heterocycles. The van der Waals surface area contributed by atoms with Crippen molar-refractivity contribution >= 4 is 47.0 Å². The number of amides is 1. The van der Waals surface area contributed by atoms with Gasteiger partial charge >= 0.3 is 0 Å². The van der Waals surface area contributed by atoms with Crippen LogP contribution in [0, 0.1) is 11.8 Å². The van der Waals surface area contributed by atoms with Gasteiger partial charge < -0.3 is 25.3 Å². The van der Waals surface area contributed by atoms with Gasteiger partial charge in [-0.2, -0.15) is 0 Å². The lowest BCUT2D eigenvalue weighted by Gasteiger charge is -2.37. The summed E-state index contributed by atoms with van der Waals surface area (Å²) in [7, 11) is -0.907. The first-order valence-corrected chi connectivity index (χ1v) is 16.4. The Bertz CT molecular complexity index is 1330. The molecule has 1 amide bonds. The number of anilines is 3. The minimum absolute atomic E-state index is 0.281. The highest BCUT2D eigenvalue weighted by Gasteiger charge is 2.30. The zero-order valence-electron chi connectivity index (χ0n) is 23.2. The molecule has 2 aromatic carbocycles. The Hall–Kier alpha value is -2.99. The number of hydrogen-bond acceptors (Lipinski definition) is 8. The predicted octanol–water partition coefficient (Wildman–Crippen LogP) is 3.45. The zero-order chi connectivity index (χ0) is 28.7. The highest BCUT2D eigenvalue weighted by molar-refractivity contribution is 7.70. The average Bonchev–Trinajstić information content (AvgIpc) is 3.45. The van der Waals surface area contributed by atoms with E-state index in [0.29, 0.717) is 35.8 Å². The second kappa shape index (κ2) is 13.6. The van der Waals surface area contributed by atoms with Gasteiger partial charge in [-0.3, -0.25) is 20.3 Å². The molecule has 2 heterocycles. The molecule has 4 rings (SSSR count). The van der Waals surface area contributed by atoms with E-state index in [2.05, 4.69) is 49.9 Å². The second-order valence-corrected chi connectivity index (χ2v) is 14.0. The largest absolute Gasteiger partial charge is 0.495 e. The van der Waals surface area contributed by atoms with Crippen molar-refractivity contribution in [3.05, 3.63) is 54.6 Å². The summed E-state index contributed by atoms with van der Waals surface area (Å²) in [5.41, 5.74) is 2.64. The minimum atomic E-state index is -2.50. The molecule has 40 heavy (non-hydrogen) atoms. The van der Waals surface area contributed by atoms with E-state index in [4.69, 9.17) is 16.3 Å². The maximum Gasteiger partial charge on any atom is 0.247 e. The van der Waals surface area contributed by atoms with E-state index in [-0.39, 0.29) is 17.5 Å². The Balaban J connectivity index is 1.54. The number of hydrogen-bond donors (Lipinski definition) is 5. The lowest BCUT2D eigenvalue weighted by molar-refractivity contribution is -0.111. The molecule has 0 aromatic heterocycles. The number of carbonyl (C=O) groups excluding carboxylic acids is 1. The molecule has 2 saturated heterocycles. The molecule has 0 spiro atoms. The van der Waals surface area contributed by atoms with Gasteiger partial charge in [-0.1, -0.05) is 30.6 Å². The molecule has 2 fully saturated rings. The monoisotopic (exact) mass is 584 g/mol. The molecule has 0 bridgehead atoms. The number of likely N-dealkylation sites (tertiary alicyclic amines) is 1. The number of carbonyl (C=O) groups is 1. The van der Waals surface area contributed by atoms with Crippen LogP contribution in [0.5, 0.6) is 5.75 Å². The summed E-state index contributed by atoms with van der Waals surface area (Å²) in [4.78, 5) is 14.5. The van der Waals surface area contributed by atoms with Crippen LogP contribution in [0.2, 0.25) is 0 Å². The Morgan fingerprint density at radius 3 is 2.65 bits per heavy atom. The minimum Gasteiger partial charge on any atom is -0.495 e. The summed E-state index contributed by atoms with van der Waals surface area (Å²) in [6, 6.07) is 11.2. The quantitative estimate of drug-likeness (QED) is 0.132. The summed E-state index contributed by atoms with van der Waals surface area (Å²) in [6.07, 6.45) is 2.91. The molecule has 3 unspecified atom stereocenters. The Morgan fingerprint density at radius 1 is 1.20 bits per heavy atom. The standard InChI is InChI=1S/C29H38ClN6O3P/c1-5-27(37)32-23-18-24(25(39-2)17-20(23)11-10-16-36-14-8-9-15-36)34-29-31-19-21(30)28(35-29)33-22-12-6-7-13-26(22)40(3,4)38/h5-7,12-13,17-18,21,28-29,31,33-35H,1,8-9,14-16,19H2,2-4H3,(H,32,37). The van der Waals surface area contributed by atoms with Crippen molar-refractivity contribution in [1.82, 2.24) is 15.5 Å². The number of ether oxygens (including phenoxy) is 1. The number of para-hydroxylation sites is 1. The maximum atomic E-state index is 12.8. The number of nitrogens with one attached hydrogen (secondary N) is 5. The first kappa shape index (κ1) is 30.0. The molecular weight excluding hydrogens is 547 g/mol. The second-order valence-electron chi connectivity index (χ2n) is 10.2. The smallest absolute Gasteiger partial charge is 0.247 e. The lowest BCUT2D eigenvalue weighted by Crippen LogP contribution is -2.64. The third-order valence-corrected chi connectivity index (χ3v) is 8.78. The normalized spacial score (nSPS) is 21.1. The van der Waals surface area contributed by atoms with E-state index in [1.165, 1.54) is 18.9 Å². The molecule has 9 nitrogen and oxygen atoms in total. The number of rotatable bonds is 9. The fourth-order valence-corrected chi connectivity index (χ4v) is 6.13. The number of methoxy groups -OCH3 is 1. The fraction of sp³-hybridized carbons (Fsp3) is 0.414. The third-order valence-electron chi connectivity index (χ3n) is 6.83. The van der Waals surface area contributed by atoms with Crippen LogP contribution >= 0.6 is 18.7 Å². The van der Waals surface area contributed by atoms with Gasteiger partial charge in [0, 0.05) is 23.6 Å². The van der Waals surface area contributed by atoms with E-state index in [0.717, 1.165) is 24.1 Å². The van der Waals surface area contributed by atoms with Crippen molar-refractivity contribution in [3.63, 3.8) is 0 Å². The molecule has 5 N–H and O–H groups in total. The van der Waals surface area contributed by atoms with Gasteiger partial charge in [-0.05, 0) is 63.5 Å². The van der Waals surface area contributed by atoms with Crippen LogP contribution in [0.25, 0.3) is 0 Å². The van der Waals surface area contributed by atoms with E-state index >= 15 is 0 Å². The summed E-state index contributed by atoms with van der Waals surface area (Å²) >= 11 is 6.66. The zero-order valence-corrected chi connectivity index (χ0v) is 24.9. The van der Waals surface area contributed by atoms with Crippen molar-refractivity contribution in [3.8, 4) is 17.6 Å². The van der Waals surface area contributed by atoms with Gasteiger partial charge in [0.25, 0.3) is 0 Å². The first-order chi connectivity index (χ1) is 19.2. The number of benzene rings is 2. The van der Waals surface area contributed by atoms with Crippen molar-refractivity contribution in [2.24, 2.45) is 0 Å². The SMILES string of the molecule is C=CC(=O)Nc1cc(NC2NCC(Cl)C(Nc3ccccc3P(C)(C)=O)N2)c(OC)cc1C#CCN1CCCC1. The molecule has 3 atom stereocenters. The maximum absolute atomic E-state index is 12.8. The van der Waals surface area contributed by atoms with Gasteiger partial charge in [-0.15, -0.1) is 11.6 Å². The van der Waals surface area contributed by atoms with Gasteiger partial charge in [0.15, 0.2) is 0 Å². The number of alkyl halides is 1. The number of nitrogens with zero attached hydrogens (tertiary/aromatic N) is 1. The van der Waals surface area contributed by atoms with E-state index in [9.17, 15) is 9.36 Å². The molecule has 0 radical (unpaired) electrons. The fourth-order valence-electron chi connectivity index (χ4n) is 4.74. The van der Waals surface area contributed by atoms with E-state index in [1.54, 1.807) is 26.5 Å². The third kappa shape index (κ3) is 7.81. The van der Waals surface area contributed by atoms with Crippen molar-refractivity contribution in [1.29, 1.82) is 0 Å². The molecule has 2 aliphatic rings. The molecular formula is C29H38ClN6O3P. The summed E-state index contributed by atoms with van der Waals surface area (Å²) in [6.45, 7) is 10.4. The highest BCUT2D eigenvalue weighted by atomic mass is 35.5. The van der Waals surface area contributed by atoms with Crippen LogP contribution in [0.3, 0.4) is 0 Å². The number of halogens is 1. The Labute approximate surface area is 241 Å². The molecule has 214 valence electrons.